The summed E-state index contributed by atoms with van der Waals surface area (Å²) in [5, 5.41) is 16.8. The minimum absolute atomic E-state index is 0.105. The Morgan fingerprint density at radius 1 is 1.67 bits per heavy atom. The molecule has 1 aromatic rings. The van der Waals surface area contributed by atoms with Gasteiger partial charge in [0.1, 0.15) is 5.84 Å². The summed E-state index contributed by atoms with van der Waals surface area (Å²) in [5.41, 5.74) is 5.74. The van der Waals surface area contributed by atoms with Crippen LogP contribution in [-0.2, 0) is 0 Å². The largest absolute Gasteiger partial charge is 0.409 e. The third kappa shape index (κ3) is 4.28. The van der Waals surface area contributed by atoms with Crippen molar-refractivity contribution in [2.45, 2.75) is 20.3 Å². The number of amidine groups is 1. The fourth-order valence-electron chi connectivity index (χ4n) is 1.44. The van der Waals surface area contributed by atoms with Crippen molar-refractivity contribution in [3.63, 3.8) is 0 Å². The number of amides is 1. The van der Waals surface area contributed by atoms with Crippen molar-refractivity contribution in [1.82, 2.24) is 14.5 Å². The highest BCUT2D eigenvalue weighted by molar-refractivity contribution is 7.03. The Kier molecular flexibility index (Phi) is 5.50. The summed E-state index contributed by atoms with van der Waals surface area (Å²) in [7, 11) is 0. The SMILES string of the molecule is CC(C)CN(CCC(N)=NO)C(=O)c1csnn1. The lowest BCUT2D eigenvalue weighted by molar-refractivity contribution is 0.0734. The van der Waals surface area contributed by atoms with E-state index in [1.165, 1.54) is 0 Å². The predicted octanol–water partition coefficient (Wildman–Crippen LogP) is 0.773. The number of nitrogens with zero attached hydrogens (tertiary/aromatic N) is 4. The molecule has 0 aliphatic rings. The zero-order chi connectivity index (χ0) is 13.5. The van der Waals surface area contributed by atoms with Crippen LogP contribution in [0.15, 0.2) is 10.5 Å². The van der Waals surface area contributed by atoms with Crippen LogP contribution in [0, 0.1) is 5.92 Å². The first-order valence-electron chi connectivity index (χ1n) is 5.57. The van der Waals surface area contributed by atoms with Crippen molar-refractivity contribution in [3.05, 3.63) is 11.1 Å². The Labute approximate surface area is 109 Å². The molecule has 0 aliphatic carbocycles. The molecule has 100 valence electrons. The van der Waals surface area contributed by atoms with E-state index in [9.17, 15) is 4.79 Å². The van der Waals surface area contributed by atoms with Gasteiger partial charge in [-0.3, -0.25) is 4.79 Å². The molecule has 0 saturated heterocycles. The number of carbonyl (C=O) groups is 1. The number of aromatic nitrogens is 2. The molecular formula is C10H17N5O2S. The zero-order valence-corrected chi connectivity index (χ0v) is 11.2. The van der Waals surface area contributed by atoms with Gasteiger partial charge in [0.25, 0.3) is 5.91 Å². The highest BCUT2D eigenvalue weighted by Gasteiger charge is 2.19. The molecular weight excluding hydrogens is 254 g/mol. The molecule has 1 rings (SSSR count). The summed E-state index contributed by atoms with van der Waals surface area (Å²) in [6, 6.07) is 0. The molecule has 0 saturated carbocycles. The maximum atomic E-state index is 12.1. The summed E-state index contributed by atoms with van der Waals surface area (Å²) in [5.74, 6) is 0.254. The second-order valence-corrected chi connectivity index (χ2v) is 4.89. The number of oxime groups is 1. The molecule has 0 unspecified atom stereocenters. The number of carbonyl (C=O) groups excluding carboxylic acids is 1. The van der Waals surface area contributed by atoms with Gasteiger partial charge in [0.2, 0.25) is 0 Å². The first-order valence-corrected chi connectivity index (χ1v) is 6.41. The predicted molar refractivity (Wildman–Crippen MR) is 68.7 cm³/mol. The lowest BCUT2D eigenvalue weighted by Gasteiger charge is -2.23. The first-order chi connectivity index (χ1) is 8.54. The van der Waals surface area contributed by atoms with E-state index in [-0.39, 0.29) is 11.7 Å². The molecule has 0 atom stereocenters. The number of rotatable bonds is 6. The van der Waals surface area contributed by atoms with Gasteiger partial charge < -0.3 is 15.8 Å². The number of nitrogens with two attached hydrogens (primary N) is 1. The Hall–Kier alpha value is -1.70. The van der Waals surface area contributed by atoms with Crippen molar-refractivity contribution >= 4 is 23.3 Å². The topological polar surface area (TPSA) is 105 Å². The van der Waals surface area contributed by atoms with Crippen molar-refractivity contribution in [2.75, 3.05) is 13.1 Å². The molecule has 0 bridgehead atoms. The highest BCUT2D eigenvalue weighted by Crippen LogP contribution is 2.07. The van der Waals surface area contributed by atoms with Crippen LogP contribution in [0.3, 0.4) is 0 Å². The van der Waals surface area contributed by atoms with Crippen molar-refractivity contribution in [2.24, 2.45) is 16.8 Å². The van der Waals surface area contributed by atoms with E-state index in [1.54, 1.807) is 10.3 Å². The molecule has 0 radical (unpaired) electrons. The van der Waals surface area contributed by atoms with E-state index >= 15 is 0 Å². The number of hydrogen-bond donors (Lipinski definition) is 2. The molecule has 8 heteroatoms. The average Bonchev–Trinajstić information content (AvgIpc) is 2.86. The molecule has 3 N–H and O–H groups in total. The maximum absolute atomic E-state index is 12.1. The van der Waals surface area contributed by atoms with Crippen molar-refractivity contribution in [3.8, 4) is 0 Å². The zero-order valence-electron chi connectivity index (χ0n) is 10.4. The Morgan fingerprint density at radius 3 is 2.89 bits per heavy atom. The van der Waals surface area contributed by atoms with Crippen molar-refractivity contribution < 1.29 is 10.0 Å². The summed E-state index contributed by atoms with van der Waals surface area (Å²) in [6.07, 6.45) is 0.326. The highest BCUT2D eigenvalue weighted by atomic mass is 32.1. The van der Waals surface area contributed by atoms with Gasteiger partial charge in [-0.1, -0.05) is 23.5 Å². The van der Waals surface area contributed by atoms with Crippen LogP contribution in [-0.4, -0.2) is 44.5 Å². The van der Waals surface area contributed by atoms with E-state index in [0.717, 1.165) is 11.5 Å². The molecule has 1 aromatic heterocycles. The lowest BCUT2D eigenvalue weighted by Crippen LogP contribution is -2.37. The fraction of sp³-hybridized carbons (Fsp3) is 0.600. The summed E-state index contributed by atoms with van der Waals surface area (Å²) in [4.78, 5) is 13.8. The summed E-state index contributed by atoms with van der Waals surface area (Å²) < 4.78 is 3.67. The summed E-state index contributed by atoms with van der Waals surface area (Å²) >= 11 is 1.14. The third-order valence-corrected chi connectivity index (χ3v) is 2.72. The van der Waals surface area contributed by atoms with Crippen LogP contribution in [0.4, 0.5) is 0 Å². The lowest BCUT2D eigenvalue weighted by atomic mass is 10.2. The molecule has 0 aliphatic heterocycles. The standard InChI is InChI=1S/C10H17N5O2S/c1-7(2)5-15(4-3-9(11)13-17)10(16)8-6-18-14-12-8/h6-7,17H,3-5H2,1-2H3,(H2,11,13). The Morgan fingerprint density at radius 2 is 2.39 bits per heavy atom. The quantitative estimate of drug-likeness (QED) is 0.344. The van der Waals surface area contributed by atoms with Gasteiger partial charge in [-0.25, -0.2) is 0 Å². The van der Waals surface area contributed by atoms with Gasteiger partial charge in [-0.05, 0) is 17.5 Å². The molecule has 1 heterocycles. The van der Waals surface area contributed by atoms with Gasteiger partial charge in [0, 0.05) is 24.9 Å². The van der Waals surface area contributed by atoms with E-state index in [0.29, 0.717) is 31.1 Å². The van der Waals surface area contributed by atoms with Crippen LogP contribution >= 0.6 is 11.5 Å². The van der Waals surface area contributed by atoms with Gasteiger partial charge in [-0.2, -0.15) is 0 Å². The fourth-order valence-corrected chi connectivity index (χ4v) is 1.87. The second kappa shape index (κ2) is 6.90. The van der Waals surface area contributed by atoms with Gasteiger partial charge in [-0.15, -0.1) is 5.10 Å². The monoisotopic (exact) mass is 271 g/mol. The third-order valence-electron chi connectivity index (χ3n) is 2.22. The minimum Gasteiger partial charge on any atom is -0.409 e. The second-order valence-electron chi connectivity index (χ2n) is 4.28. The Bertz CT molecular complexity index is 404. The van der Waals surface area contributed by atoms with Crippen LogP contribution < -0.4 is 5.73 Å². The molecule has 0 spiro atoms. The van der Waals surface area contributed by atoms with E-state index < -0.39 is 0 Å². The van der Waals surface area contributed by atoms with Crippen LogP contribution in [0.2, 0.25) is 0 Å². The number of hydrogen-bond acceptors (Lipinski definition) is 6. The minimum atomic E-state index is -0.178. The normalized spacial score (nSPS) is 11.8. The van der Waals surface area contributed by atoms with Gasteiger partial charge in [0.05, 0.1) is 0 Å². The molecule has 0 fully saturated rings. The van der Waals surface area contributed by atoms with E-state index in [1.807, 2.05) is 13.8 Å². The molecule has 1 amide bonds. The average molecular weight is 271 g/mol. The maximum Gasteiger partial charge on any atom is 0.275 e. The van der Waals surface area contributed by atoms with Crippen LogP contribution in [0.1, 0.15) is 30.8 Å². The van der Waals surface area contributed by atoms with E-state index in [2.05, 4.69) is 14.7 Å². The smallest absolute Gasteiger partial charge is 0.275 e. The first kappa shape index (κ1) is 14.4. The van der Waals surface area contributed by atoms with Crippen LogP contribution in [0.25, 0.3) is 0 Å². The molecule has 18 heavy (non-hydrogen) atoms. The van der Waals surface area contributed by atoms with E-state index in [4.69, 9.17) is 10.9 Å². The molecule has 7 nitrogen and oxygen atoms in total. The van der Waals surface area contributed by atoms with Crippen molar-refractivity contribution in [1.29, 1.82) is 0 Å². The van der Waals surface area contributed by atoms with Gasteiger partial charge >= 0.3 is 0 Å². The summed E-state index contributed by atoms with van der Waals surface area (Å²) in [6.45, 7) is 5.02. The van der Waals surface area contributed by atoms with Crippen LogP contribution in [0.5, 0.6) is 0 Å². The molecule has 0 aromatic carbocycles. The van der Waals surface area contributed by atoms with Gasteiger partial charge in [0.15, 0.2) is 5.69 Å². The Balaban J connectivity index is 2.69.